The van der Waals surface area contributed by atoms with Crippen molar-refractivity contribution in [2.45, 2.75) is 18.8 Å². The van der Waals surface area contributed by atoms with Crippen LogP contribution in [0, 0.1) is 0 Å². The van der Waals surface area contributed by atoms with Crippen molar-refractivity contribution in [3.8, 4) is 21.9 Å². The summed E-state index contributed by atoms with van der Waals surface area (Å²) in [5.41, 5.74) is -0.663. The molecule has 0 aliphatic rings. The maximum absolute atomic E-state index is 12.5. The van der Waals surface area contributed by atoms with Crippen molar-refractivity contribution in [3.05, 3.63) is 63.9 Å². The van der Waals surface area contributed by atoms with Crippen molar-refractivity contribution in [2.75, 3.05) is 5.32 Å². The highest BCUT2D eigenvalue weighted by molar-refractivity contribution is 7.15. The van der Waals surface area contributed by atoms with Gasteiger partial charge in [-0.05, 0) is 35.9 Å². The van der Waals surface area contributed by atoms with Gasteiger partial charge in [0, 0.05) is 23.0 Å². The average molecular weight is 497 g/mol. The number of carboxylic acid groups (broad SMARTS) is 1. The average Bonchev–Trinajstić information content (AvgIpc) is 3.22. The quantitative estimate of drug-likeness (QED) is 0.390. The number of urea groups is 1. The van der Waals surface area contributed by atoms with Gasteiger partial charge in [-0.2, -0.15) is 0 Å². The summed E-state index contributed by atoms with van der Waals surface area (Å²) in [5.74, 6) is -2.10. The molecule has 2 heterocycles. The van der Waals surface area contributed by atoms with Crippen LogP contribution in [-0.4, -0.2) is 33.1 Å². The van der Waals surface area contributed by atoms with Crippen LogP contribution in [0.1, 0.15) is 17.3 Å². The largest absolute Gasteiger partial charge is 0.573 e. The number of aliphatic carboxylic acids is 1. The number of carboxylic acids is 1. The first-order valence-corrected chi connectivity index (χ1v) is 10.4. The lowest BCUT2D eigenvalue weighted by Gasteiger charge is -2.16. The third-order valence-corrected chi connectivity index (χ3v) is 5.74. The van der Waals surface area contributed by atoms with E-state index in [4.69, 9.17) is 0 Å². The number of benzene rings is 1. The third kappa shape index (κ3) is 6.28. The number of ether oxygens (including phenoxy) is 1. The highest BCUT2D eigenvalue weighted by Crippen LogP contribution is 2.35. The molecule has 0 aliphatic carbocycles. The van der Waals surface area contributed by atoms with E-state index in [0.717, 1.165) is 22.0 Å². The molecule has 0 fully saturated rings. The van der Waals surface area contributed by atoms with Crippen LogP contribution in [-0.2, 0) is 11.8 Å². The number of halogens is 3. The van der Waals surface area contributed by atoms with E-state index in [0.29, 0.717) is 15.3 Å². The van der Waals surface area contributed by atoms with E-state index >= 15 is 0 Å². The summed E-state index contributed by atoms with van der Waals surface area (Å²) in [6, 6.07) is 7.61. The molecule has 0 saturated carbocycles. The number of hydrogen-bond acceptors (Lipinski definition) is 6. The van der Waals surface area contributed by atoms with Crippen LogP contribution in [0.5, 0.6) is 11.5 Å². The molecule has 0 saturated heterocycles. The molecule has 4 N–H and O–H groups in total. The van der Waals surface area contributed by atoms with Gasteiger partial charge in [-0.3, -0.25) is 9.59 Å². The van der Waals surface area contributed by atoms with Crippen molar-refractivity contribution in [3.63, 3.8) is 0 Å². The van der Waals surface area contributed by atoms with E-state index in [-0.39, 0.29) is 5.69 Å². The predicted molar refractivity (Wildman–Crippen MR) is 117 cm³/mol. The fourth-order valence-electron chi connectivity index (χ4n) is 2.98. The Kier molecular flexibility index (Phi) is 7.15. The van der Waals surface area contributed by atoms with Crippen LogP contribution < -0.4 is 20.9 Å². The number of aryl methyl sites for hydroxylation is 1. The number of carbonyl (C=O) groups is 2. The Morgan fingerprint density at radius 3 is 2.62 bits per heavy atom. The fourth-order valence-corrected chi connectivity index (χ4v) is 4.04. The number of alkyl halides is 3. The lowest BCUT2D eigenvalue weighted by atomic mass is 10.1. The molecular weight excluding hydrogens is 479 g/mol. The number of rotatable bonds is 7. The Balaban J connectivity index is 1.82. The van der Waals surface area contributed by atoms with Crippen molar-refractivity contribution >= 4 is 29.0 Å². The van der Waals surface area contributed by atoms with Gasteiger partial charge in [0.2, 0.25) is 0 Å². The molecule has 3 rings (SSSR count). The second kappa shape index (κ2) is 9.87. The van der Waals surface area contributed by atoms with Gasteiger partial charge in [-0.25, -0.2) is 4.79 Å². The SMILES string of the molecule is Cn1ccc(O)c(NC(=O)N[C@@H](CC(=O)O)c2ccc(-c3cccc(OC(F)(F)F)c3)s2)c1=O. The summed E-state index contributed by atoms with van der Waals surface area (Å²) in [6.45, 7) is 0. The molecule has 180 valence electrons. The van der Waals surface area contributed by atoms with Crippen LogP contribution in [0.4, 0.5) is 23.7 Å². The molecule has 34 heavy (non-hydrogen) atoms. The Morgan fingerprint density at radius 2 is 1.94 bits per heavy atom. The normalized spacial score (nSPS) is 12.1. The van der Waals surface area contributed by atoms with E-state index in [2.05, 4.69) is 15.4 Å². The van der Waals surface area contributed by atoms with Crippen molar-refractivity contribution < 1.29 is 37.7 Å². The number of anilines is 1. The minimum absolute atomic E-state index is 0.384. The molecule has 2 aromatic heterocycles. The summed E-state index contributed by atoms with van der Waals surface area (Å²) in [6.07, 6.45) is -4.06. The molecule has 0 aliphatic heterocycles. The Labute approximate surface area is 194 Å². The lowest BCUT2D eigenvalue weighted by molar-refractivity contribution is -0.274. The maximum atomic E-state index is 12.5. The molecule has 0 bridgehead atoms. The molecule has 13 heteroatoms. The van der Waals surface area contributed by atoms with Gasteiger partial charge in [-0.15, -0.1) is 24.5 Å². The van der Waals surface area contributed by atoms with E-state index in [1.807, 2.05) is 0 Å². The Bertz CT molecular complexity index is 1270. The molecule has 1 aromatic carbocycles. The third-order valence-electron chi connectivity index (χ3n) is 4.49. The summed E-state index contributed by atoms with van der Waals surface area (Å²) in [5, 5.41) is 23.8. The molecule has 3 aromatic rings. The number of nitrogens with zero attached hydrogens (tertiary/aromatic N) is 1. The summed E-state index contributed by atoms with van der Waals surface area (Å²) in [7, 11) is 1.42. The molecule has 0 radical (unpaired) electrons. The van der Waals surface area contributed by atoms with Gasteiger partial charge in [0.05, 0.1) is 12.5 Å². The van der Waals surface area contributed by atoms with Crippen LogP contribution in [0.2, 0.25) is 0 Å². The first kappa shape index (κ1) is 24.6. The summed E-state index contributed by atoms with van der Waals surface area (Å²) < 4.78 is 42.5. The van der Waals surface area contributed by atoms with Gasteiger partial charge in [-0.1, -0.05) is 12.1 Å². The minimum Gasteiger partial charge on any atom is -0.505 e. The van der Waals surface area contributed by atoms with Crippen LogP contribution in [0.25, 0.3) is 10.4 Å². The monoisotopic (exact) mass is 497 g/mol. The fraction of sp³-hybridized carbons (Fsp3) is 0.190. The lowest BCUT2D eigenvalue weighted by Crippen LogP contribution is -2.35. The number of aromatic hydroxyl groups is 1. The summed E-state index contributed by atoms with van der Waals surface area (Å²) in [4.78, 5) is 36.8. The first-order chi connectivity index (χ1) is 15.9. The minimum atomic E-state index is -4.85. The Hall–Kier alpha value is -4.00. The zero-order chi connectivity index (χ0) is 25.0. The van der Waals surface area contributed by atoms with Gasteiger partial charge < -0.3 is 30.2 Å². The van der Waals surface area contributed by atoms with Crippen LogP contribution >= 0.6 is 11.3 Å². The molecule has 9 nitrogen and oxygen atoms in total. The molecule has 2 amide bonds. The number of carbonyl (C=O) groups excluding carboxylic acids is 1. The van der Waals surface area contributed by atoms with Crippen LogP contribution in [0.3, 0.4) is 0 Å². The van der Waals surface area contributed by atoms with E-state index < -0.39 is 47.9 Å². The van der Waals surface area contributed by atoms with Gasteiger partial charge in [0.25, 0.3) is 5.56 Å². The van der Waals surface area contributed by atoms with E-state index in [9.17, 15) is 37.8 Å². The predicted octanol–water partition coefficient (Wildman–Crippen LogP) is 4.06. The molecule has 0 unspecified atom stereocenters. The van der Waals surface area contributed by atoms with E-state index in [1.165, 1.54) is 37.5 Å². The topological polar surface area (TPSA) is 130 Å². The highest BCUT2D eigenvalue weighted by Gasteiger charge is 2.31. The molecule has 1 atom stereocenters. The zero-order valence-electron chi connectivity index (χ0n) is 17.4. The van der Waals surface area contributed by atoms with Gasteiger partial charge >= 0.3 is 18.4 Å². The van der Waals surface area contributed by atoms with Gasteiger partial charge in [0.1, 0.15) is 11.5 Å². The maximum Gasteiger partial charge on any atom is 0.573 e. The zero-order valence-corrected chi connectivity index (χ0v) is 18.2. The number of thiophene rings is 1. The second-order valence-electron chi connectivity index (χ2n) is 7.02. The number of hydrogen-bond donors (Lipinski definition) is 4. The highest BCUT2D eigenvalue weighted by atomic mass is 32.1. The van der Waals surface area contributed by atoms with E-state index in [1.54, 1.807) is 12.1 Å². The second-order valence-corrected chi connectivity index (χ2v) is 8.13. The molecule has 0 spiro atoms. The number of pyridine rings is 1. The van der Waals surface area contributed by atoms with Crippen molar-refractivity contribution in [1.82, 2.24) is 9.88 Å². The summed E-state index contributed by atoms with van der Waals surface area (Å²) >= 11 is 1.06. The smallest absolute Gasteiger partial charge is 0.505 e. The molecular formula is C21H18F3N3O6S. The number of nitrogens with one attached hydrogen (secondary N) is 2. The van der Waals surface area contributed by atoms with Gasteiger partial charge in [0.15, 0.2) is 5.69 Å². The van der Waals surface area contributed by atoms with Crippen LogP contribution in [0.15, 0.2) is 53.5 Å². The van der Waals surface area contributed by atoms with Crippen molar-refractivity contribution in [2.24, 2.45) is 7.05 Å². The Morgan fingerprint density at radius 1 is 1.21 bits per heavy atom. The van der Waals surface area contributed by atoms with Crippen molar-refractivity contribution in [1.29, 1.82) is 0 Å². The standard InChI is InChI=1S/C21H18F3N3O6S/c1-27-8-7-14(28)18(19(27)31)26-20(32)25-13(10-17(29)30)16-6-5-15(34-16)11-3-2-4-12(9-11)33-21(22,23)24/h2-9,13,28H,10H2,1H3,(H,29,30)(H2,25,26,32)/t13-/m0/s1. The number of aromatic nitrogens is 1. The first-order valence-electron chi connectivity index (χ1n) is 9.57. The number of amides is 2.